The van der Waals surface area contributed by atoms with Crippen molar-refractivity contribution in [2.75, 3.05) is 37.6 Å². The van der Waals surface area contributed by atoms with Gasteiger partial charge in [-0.3, -0.25) is 9.59 Å². The lowest BCUT2D eigenvalue weighted by Gasteiger charge is -2.17. The van der Waals surface area contributed by atoms with Gasteiger partial charge in [0.1, 0.15) is 11.5 Å². The van der Waals surface area contributed by atoms with Crippen LogP contribution in [0.1, 0.15) is 36.7 Å². The van der Waals surface area contributed by atoms with E-state index in [4.69, 9.17) is 18.9 Å². The Kier molecular flexibility index (Phi) is 9.96. The number of ether oxygens (including phenoxy) is 4. The summed E-state index contributed by atoms with van der Waals surface area (Å²) >= 11 is 0. The number of anilines is 2. The minimum atomic E-state index is -0.364. The number of hydrogen-bond acceptors (Lipinski definition) is 6. The van der Waals surface area contributed by atoms with Gasteiger partial charge in [-0.2, -0.15) is 0 Å². The van der Waals surface area contributed by atoms with E-state index in [1.807, 2.05) is 32.9 Å². The number of hydrogen-bond donors (Lipinski definition) is 2. The monoisotopic (exact) mass is 504 g/mol. The standard InChI is InChI=1S/C29H32N2O6/c1-5-35-24-15-13-20(17-27(24)34-4)14-16-28(32)30-22-18-26(37-7-3)23(19-25(22)36-6-2)31-29(33)21-11-9-8-10-12-21/h8-19H,5-7H2,1-4H3,(H,30,32)(H,31,33)/b16-14+. The fourth-order valence-electron chi connectivity index (χ4n) is 3.50. The second-order valence-electron chi connectivity index (χ2n) is 7.70. The zero-order valence-electron chi connectivity index (χ0n) is 21.5. The van der Waals surface area contributed by atoms with Crippen LogP contribution in [-0.4, -0.2) is 38.7 Å². The highest BCUT2D eigenvalue weighted by molar-refractivity contribution is 6.06. The van der Waals surface area contributed by atoms with Gasteiger partial charge in [0.05, 0.1) is 38.3 Å². The molecule has 8 nitrogen and oxygen atoms in total. The molecule has 8 heteroatoms. The highest BCUT2D eigenvalue weighted by Crippen LogP contribution is 2.37. The molecular formula is C29H32N2O6. The first kappa shape index (κ1) is 27.1. The summed E-state index contributed by atoms with van der Waals surface area (Å²) in [7, 11) is 1.56. The lowest BCUT2D eigenvalue weighted by atomic mass is 10.1. The van der Waals surface area contributed by atoms with Gasteiger partial charge in [-0.05, 0) is 56.7 Å². The van der Waals surface area contributed by atoms with Crippen molar-refractivity contribution in [2.24, 2.45) is 0 Å². The molecule has 194 valence electrons. The normalized spacial score (nSPS) is 10.6. The number of methoxy groups -OCH3 is 1. The van der Waals surface area contributed by atoms with Crippen LogP contribution in [0.4, 0.5) is 11.4 Å². The third-order valence-corrected chi connectivity index (χ3v) is 5.14. The first-order valence-electron chi connectivity index (χ1n) is 12.1. The number of rotatable bonds is 12. The maximum atomic E-state index is 12.8. The van der Waals surface area contributed by atoms with E-state index >= 15 is 0 Å². The number of amides is 2. The Hall–Kier alpha value is -4.46. The van der Waals surface area contributed by atoms with Crippen molar-refractivity contribution < 1.29 is 28.5 Å². The number of benzene rings is 3. The summed E-state index contributed by atoms with van der Waals surface area (Å²) < 4.78 is 22.4. The zero-order chi connectivity index (χ0) is 26.6. The molecule has 0 atom stereocenters. The largest absolute Gasteiger partial charge is 0.493 e. The first-order valence-corrected chi connectivity index (χ1v) is 12.1. The van der Waals surface area contributed by atoms with Crippen LogP contribution in [0.3, 0.4) is 0 Å². The molecule has 3 aromatic rings. The van der Waals surface area contributed by atoms with Crippen LogP contribution in [0.5, 0.6) is 23.0 Å². The number of carbonyl (C=O) groups excluding carboxylic acids is 2. The molecule has 0 bridgehead atoms. The topological polar surface area (TPSA) is 95.1 Å². The van der Waals surface area contributed by atoms with Gasteiger partial charge < -0.3 is 29.6 Å². The molecule has 3 aromatic carbocycles. The van der Waals surface area contributed by atoms with E-state index in [2.05, 4.69) is 10.6 Å². The summed E-state index contributed by atoms with van der Waals surface area (Å²) in [5, 5.41) is 5.71. The molecule has 0 saturated carbocycles. The zero-order valence-corrected chi connectivity index (χ0v) is 21.5. The van der Waals surface area contributed by atoms with Gasteiger partial charge in [0, 0.05) is 23.8 Å². The van der Waals surface area contributed by atoms with Gasteiger partial charge in [0.2, 0.25) is 5.91 Å². The van der Waals surface area contributed by atoms with Gasteiger partial charge in [-0.15, -0.1) is 0 Å². The highest BCUT2D eigenvalue weighted by atomic mass is 16.5. The molecular weight excluding hydrogens is 472 g/mol. The number of nitrogens with one attached hydrogen (secondary N) is 2. The fourth-order valence-corrected chi connectivity index (χ4v) is 3.50. The maximum Gasteiger partial charge on any atom is 0.255 e. The minimum absolute atomic E-state index is 0.283. The summed E-state index contributed by atoms with van der Waals surface area (Å²) in [6.07, 6.45) is 3.09. The maximum absolute atomic E-state index is 12.8. The van der Waals surface area contributed by atoms with Crippen molar-refractivity contribution in [1.29, 1.82) is 0 Å². The van der Waals surface area contributed by atoms with E-state index < -0.39 is 0 Å². The molecule has 0 heterocycles. The Labute approximate surface area is 217 Å². The van der Waals surface area contributed by atoms with Crippen LogP contribution in [0, 0.1) is 0 Å². The van der Waals surface area contributed by atoms with Gasteiger partial charge >= 0.3 is 0 Å². The van der Waals surface area contributed by atoms with Crippen molar-refractivity contribution in [3.8, 4) is 23.0 Å². The fraction of sp³-hybridized carbons (Fsp3) is 0.241. The molecule has 0 aromatic heterocycles. The predicted octanol–water partition coefficient (Wildman–Crippen LogP) is 5.80. The van der Waals surface area contributed by atoms with Crippen LogP contribution in [-0.2, 0) is 4.79 Å². The van der Waals surface area contributed by atoms with E-state index in [0.717, 1.165) is 5.56 Å². The summed E-state index contributed by atoms with van der Waals surface area (Å²) in [6.45, 7) is 6.83. The Balaban J connectivity index is 1.82. The SMILES string of the molecule is CCOc1cc(NC(=O)c2ccccc2)c(OCC)cc1NC(=O)/C=C/c1ccc(OCC)c(OC)c1. The number of carbonyl (C=O) groups is 2. The third-order valence-electron chi connectivity index (χ3n) is 5.14. The average Bonchev–Trinajstić information content (AvgIpc) is 2.91. The predicted molar refractivity (Wildman–Crippen MR) is 145 cm³/mol. The van der Waals surface area contributed by atoms with Crippen LogP contribution >= 0.6 is 0 Å². The van der Waals surface area contributed by atoms with Crippen molar-refractivity contribution >= 4 is 29.3 Å². The molecule has 0 fully saturated rings. The van der Waals surface area contributed by atoms with Crippen molar-refractivity contribution in [3.63, 3.8) is 0 Å². The van der Waals surface area contributed by atoms with E-state index in [9.17, 15) is 9.59 Å². The van der Waals surface area contributed by atoms with Gasteiger partial charge in [-0.25, -0.2) is 0 Å². The molecule has 2 N–H and O–H groups in total. The summed E-state index contributed by atoms with van der Waals surface area (Å²) in [4.78, 5) is 25.5. The molecule has 2 amide bonds. The van der Waals surface area contributed by atoms with Crippen molar-refractivity contribution in [1.82, 2.24) is 0 Å². The molecule has 0 saturated heterocycles. The van der Waals surface area contributed by atoms with Gasteiger partial charge in [0.15, 0.2) is 11.5 Å². The van der Waals surface area contributed by atoms with E-state index in [1.54, 1.807) is 61.7 Å². The summed E-state index contributed by atoms with van der Waals surface area (Å²) in [5.41, 5.74) is 2.14. The van der Waals surface area contributed by atoms with Gasteiger partial charge in [0.25, 0.3) is 5.91 Å². The molecule has 37 heavy (non-hydrogen) atoms. The van der Waals surface area contributed by atoms with E-state index in [0.29, 0.717) is 59.8 Å². The van der Waals surface area contributed by atoms with Crippen LogP contribution in [0.2, 0.25) is 0 Å². The Bertz CT molecular complexity index is 1240. The highest BCUT2D eigenvalue weighted by Gasteiger charge is 2.16. The molecule has 0 unspecified atom stereocenters. The third kappa shape index (κ3) is 7.51. The Morgan fingerprint density at radius 2 is 1.32 bits per heavy atom. The van der Waals surface area contributed by atoms with Crippen LogP contribution in [0.15, 0.2) is 66.7 Å². The van der Waals surface area contributed by atoms with Crippen LogP contribution in [0.25, 0.3) is 6.08 Å². The Morgan fingerprint density at radius 3 is 1.92 bits per heavy atom. The molecule has 3 rings (SSSR count). The smallest absolute Gasteiger partial charge is 0.255 e. The Morgan fingerprint density at radius 1 is 0.730 bits per heavy atom. The molecule has 0 radical (unpaired) electrons. The molecule has 0 spiro atoms. The van der Waals surface area contributed by atoms with Crippen molar-refractivity contribution in [3.05, 3.63) is 77.9 Å². The van der Waals surface area contributed by atoms with E-state index in [1.165, 1.54) is 6.08 Å². The molecule has 0 aliphatic carbocycles. The average molecular weight is 505 g/mol. The van der Waals surface area contributed by atoms with Gasteiger partial charge in [-0.1, -0.05) is 24.3 Å². The van der Waals surface area contributed by atoms with Crippen LogP contribution < -0.4 is 29.6 Å². The second-order valence-corrected chi connectivity index (χ2v) is 7.70. The van der Waals surface area contributed by atoms with E-state index in [-0.39, 0.29) is 11.8 Å². The molecule has 0 aliphatic heterocycles. The lowest BCUT2D eigenvalue weighted by molar-refractivity contribution is -0.111. The first-order chi connectivity index (χ1) is 18.0. The van der Waals surface area contributed by atoms with Crippen molar-refractivity contribution in [2.45, 2.75) is 20.8 Å². The summed E-state index contributed by atoms with van der Waals surface area (Å²) in [6, 6.07) is 17.6. The summed E-state index contributed by atoms with van der Waals surface area (Å²) in [5.74, 6) is 1.38. The second kappa shape index (κ2) is 13.6. The quantitative estimate of drug-likeness (QED) is 0.303. The molecule has 0 aliphatic rings. The minimum Gasteiger partial charge on any atom is -0.493 e. The lowest BCUT2D eigenvalue weighted by Crippen LogP contribution is -2.14.